The van der Waals surface area contributed by atoms with Crippen LogP contribution in [0, 0.1) is 0 Å². The highest BCUT2D eigenvalue weighted by atomic mass is 16.5. The van der Waals surface area contributed by atoms with Gasteiger partial charge in [-0.05, 0) is 36.4 Å². The smallest absolute Gasteiger partial charge is 0.275 e. The largest absolute Gasteiger partial charge is 0.496 e. The van der Waals surface area contributed by atoms with E-state index in [1.807, 2.05) is 54.6 Å². The Morgan fingerprint density at radius 2 is 1.81 bits per heavy atom. The van der Waals surface area contributed by atoms with Crippen molar-refractivity contribution in [1.29, 1.82) is 0 Å². The second kappa shape index (κ2) is 7.79. The third-order valence-electron chi connectivity index (χ3n) is 4.91. The molecule has 0 atom stereocenters. The van der Waals surface area contributed by atoms with Gasteiger partial charge < -0.3 is 14.1 Å². The molecule has 5 aromatic rings. The van der Waals surface area contributed by atoms with Crippen molar-refractivity contribution in [3.63, 3.8) is 0 Å². The number of methoxy groups -OCH3 is 1. The van der Waals surface area contributed by atoms with E-state index in [0.29, 0.717) is 28.3 Å². The minimum Gasteiger partial charge on any atom is -0.496 e. The second-order valence-corrected chi connectivity index (χ2v) is 6.86. The van der Waals surface area contributed by atoms with E-state index in [4.69, 9.17) is 9.15 Å². The van der Waals surface area contributed by atoms with E-state index in [1.54, 1.807) is 24.3 Å². The molecule has 0 saturated heterocycles. The highest BCUT2D eigenvalue weighted by Gasteiger charge is 2.13. The van der Waals surface area contributed by atoms with Crippen LogP contribution in [0.2, 0.25) is 0 Å². The summed E-state index contributed by atoms with van der Waals surface area (Å²) in [6, 6.07) is 24.2. The topological polar surface area (TPSA) is 92.5 Å². The molecule has 31 heavy (non-hydrogen) atoms. The Labute approximate surface area is 177 Å². The molecule has 152 valence electrons. The molecule has 5 rings (SSSR count). The van der Waals surface area contributed by atoms with Crippen molar-refractivity contribution in [3.8, 4) is 17.1 Å². The summed E-state index contributed by atoms with van der Waals surface area (Å²) in [6.45, 7) is 0. The fourth-order valence-electron chi connectivity index (χ4n) is 3.40. The minimum atomic E-state index is -0.406. The van der Waals surface area contributed by atoms with Gasteiger partial charge in [-0.2, -0.15) is 0 Å². The zero-order valence-electron chi connectivity index (χ0n) is 16.6. The van der Waals surface area contributed by atoms with Crippen molar-refractivity contribution in [1.82, 2.24) is 15.4 Å². The van der Waals surface area contributed by atoms with E-state index in [-0.39, 0.29) is 5.55 Å². The van der Waals surface area contributed by atoms with Gasteiger partial charge in [0.15, 0.2) is 0 Å². The molecule has 0 radical (unpaired) electrons. The van der Waals surface area contributed by atoms with Crippen LogP contribution in [0.1, 0.15) is 10.4 Å². The Bertz CT molecular complexity index is 1450. The molecule has 0 spiro atoms. The van der Waals surface area contributed by atoms with Crippen LogP contribution in [0.4, 0.5) is 0 Å². The first-order chi connectivity index (χ1) is 15.2. The molecule has 0 aliphatic rings. The number of aromatic amines is 1. The average molecular weight is 410 g/mol. The Morgan fingerprint density at radius 1 is 1.03 bits per heavy atom. The molecule has 0 unspecified atom stereocenters. The first-order valence-corrected chi connectivity index (χ1v) is 9.68. The number of nitrogens with one attached hydrogen (secondary N) is 2. The molecule has 2 aromatic heterocycles. The number of H-pyrrole nitrogens is 1. The molecule has 3 aromatic carbocycles. The molecule has 0 aliphatic heterocycles. The number of hydrogen-bond acceptors (Lipinski definition) is 5. The maximum Gasteiger partial charge on any atom is 0.275 e. The quantitative estimate of drug-likeness (QED) is 0.434. The van der Waals surface area contributed by atoms with Gasteiger partial charge in [0, 0.05) is 5.39 Å². The van der Waals surface area contributed by atoms with E-state index < -0.39 is 5.91 Å². The summed E-state index contributed by atoms with van der Waals surface area (Å²) in [6.07, 6.45) is 0. The maximum absolute atomic E-state index is 12.7. The number of carbonyl (C=O) groups is 1. The SMILES string of the molecule is COc1ccccc1C(=O)NN=c1oc2ccccc2cc1-c1nc2ccccc2[nH]1. The van der Waals surface area contributed by atoms with Crippen molar-refractivity contribution in [3.05, 3.63) is 90.0 Å². The molecule has 2 N–H and O–H groups in total. The van der Waals surface area contributed by atoms with Crippen LogP contribution < -0.4 is 15.7 Å². The molecule has 7 nitrogen and oxygen atoms in total. The second-order valence-electron chi connectivity index (χ2n) is 6.86. The van der Waals surface area contributed by atoms with Crippen LogP contribution in [0.15, 0.2) is 88.4 Å². The zero-order chi connectivity index (χ0) is 21.2. The molecule has 7 heteroatoms. The molecule has 0 saturated carbocycles. The van der Waals surface area contributed by atoms with Crippen LogP contribution in [0.3, 0.4) is 0 Å². The number of imidazole rings is 1. The Kier molecular flexibility index (Phi) is 4.68. The molecule has 2 heterocycles. The molecular weight excluding hydrogens is 392 g/mol. The van der Waals surface area contributed by atoms with Crippen LogP contribution in [-0.2, 0) is 0 Å². The van der Waals surface area contributed by atoms with Crippen molar-refractivity contribution < 1.29 is 13.9 Å². The van der Waals surface area contributed by atoms with Gasteiger partial charge in [-0.25, -0.2) is 10.4 Å². The number of amides is 1. The summed E-state index contributed by atoms with van der Waals surface area (Å²) in [5.41, 5.74) is 6.19. The summed E-state index contributed by atoms with van der Waals surface area (Å²) in [4.78, 5) is 20.6. The third-order valence-corrected chi connectivity index (χ3v) is 4.91. The van der Waals surface area contributed by atoms with Gasteiger partial charge in [0.25, 0.3) is 5.91 Å². The number of ether oxygens (including phenoxy) is 1. The van der Waals surface area contributed by atoms with Crippen molar-refractivity contribution >= 4 is 27.9 Å². The lowest BCUT2D eigenvalue weighted by atomic mass is 10.2. The number of aromatic nitrogens is 2. The van der Waals surface area contributed by atoms with Gasteiger partial charge >= 0.3 is 0 Å². The predicted octanol–water partition coefficient (Wildman–Crippen LogP) is 4.23. The van der Waals surface area contributed by atoms with Crippen molar-refractivity contribution in [2.45, 2.75) is 0 Å². The fourth-order valence-corrected chi connectivity index (χ4v) is 3.40. The van der Waals surface area contributed by atoms with Gasteiger partial charge in [-0.1, -0.05) is 42.5 Å². The summed E-state index contributed by atoms with van der Waals surface area (Å²) in [5, 5.41) is 5.17. The number of rotatable bonds is 4. The molecule has 1 amide bonds. The Balaban J connectivity index is 1.63. The van der Waals surface area contributed by atoms with Crippen molar-refractivity contribution in [2.75, 3.05) is 7.11 Å². The lowest BCUT2D eigenvalue weighted by molar-refractivity contribution is 0.0948. The van der Waals surface area contributed by atoms with Gasteiger partial charge in [-0.3, -0.25) is 4.79 Å². The lowest BCUT2D eigenvalue weighted by Gasteiger charge is -2.06. The summed E-state index contributed by atoms with van der Waals surface area (Å²) in [5.74, 6) is 0.653. The Morgan fingerprint density at radius 3 is 2.68 bits per heavy atom. The molecule has 0 fully saturated rings. The number of nitrogens with zero attached hydrogens (tertiary/aromatic N) is 2. The minimum absolute atomic E-state index is 0.237. The highest BCUT2D eigenvalue weighted by molar-refractivity contribution is 5.96. The number of para-hydroxylation sites is 4. The molecular formula is C24H18N4O3. The maximum atomic E-state index is 12.7. The van der Waals surface area contributed by atoms with Gasteiger partial charge in [0.05, 0.1) is 29.3 Å². The van der Waals surface area contributed by atoms with E-state index in [0.717, 1.165) is 16.4 Å². The van der Waals surface area contributed by atoms with Crippen LogP contribution >= 0.6 is 0 Å². The number of hydrogen-bond donors (Lipinski definition) is 2. The van der Waals surface area contributed by atoms with E-state index in [9.17, 15) is 4.79 Å². The van der Waals surface area contributed by atoms with E-state index >= 15 is 0 Å². The third kappa shape index (κ3) is 3.53. The average Bonchev–Trinajstić information content (AvgIpc) is 3.26. The normalized spacial score (nSPS) is 11.7. The standard InChI is InChI=1S/C24H18N4O3/c1-30-21-13-7-3-9-16(21)23(29)27-28-24-17(14-15-8-2-6-12-20(15)31-24)22-25-18-10-4-5-11-19(18)26-22/h2-14H,1H3,(H,25,26)(H,27,29). The van der Waals surface area contributed by atoms with Crippen LogP contribution in [0.25, 0.3) is 33.4 Å². The number of carbonyl (C=O) groups excluding carboxylic acids is 1. The molecule has 0 aliphatic carbocycles. The molecule has 0 bridgehead atoms. The van der Waals surface area contributed by atoms with E-state index in [1.165, 1.54) is 7.11 Å². The number of benzene rings is 3. The fraction of sp³-hybridized carbons (Fsp3) is 0.0417. The van der Waals surface area contributed by atoms with Crippen molar-refractivity contribution in [2.24, 2.45) is 5.10 Å². The first kappa shape index (κ1) is 18.6. The zero-order valence-corrected chi connectivity index (χ0v) is 16.6. The lowest BCUT2D eigenvalue weighted by Crippen LogP contribution is -2.22. The summed E-state index contributed by atoms with van der Waals surface area (Å²) in [7, 11) is 1.52. The van der Waals surface area contributed by atoms with Gasteiger partial charge in [-0.15, -0.1) is 5.10 Å². The highest BCUT2D eigenvalue weighted by Crippen LogP contribution is 2.22. The van der Waals surface area contributed by atoms with E-state index in [2.05, 4.69) is 20.5 Å². The summed E-state index contributed by atoms with van der Waals surface area (Å²) < 4.78 is 11.3. The monoisotopic (exact) mass is 410 g/mol. The van der Waals surface area contributed by atoms with Crippen LogP contribution in [-0.4, -0.2) is 23.0 Å². The van der Waals surface area contributed by atoms with Crippen LogP contribution in [0.5, 0.6) is 5.75 Å². The Hall–Kier alpha value is -4.39. The predicted molar refractivity (Wildman–Crippen MR) is 117 cm³/mol. The van der Waals surface area contributed by atoms with Gasteiger partial charge in [0.2, 0.25) is 5.55 Å². The van der Waals surface area contributed by atoms with Gasteiger partial charge in [0.1, 0.15) is 17.2 Å². The first-order valence-electron chi connectivity index (χ1n) is 9.68. The number of fused-ring (bicyclic) bond motifs is 2. The summed E-state index contributed by atoms with van der Waals surface area (Å²) >= 11 is 0.